The van der Waals surface area contributed by atoms with E-state index >= 15 is 0 Å². The van der Waals surface area contributed by atoms with Crippen LogP contribution in [0.25, 0.3) is 0 Å². The predicted molar refractivity (Wildman–Crippen MR) is 81.3 cm³/mol. The molecule has 0 radical (unpaired) electrons. The average Bonchev–Trinajstić information content (AvgIpc) is 2.46. The van der Waals surface area contributed by atoms with Crippen molar-refractivity contribution in [3.63, 3.8) is 0 Å². The van der Waals surface area contributed by atoms with Gasteiger partial charge in [0.15, 0.2) is 0 Å². The molecule has 3 atom stereocenters. The zero-order chi connectivity index (χ0) is 16.3. The standard InChI is InChI=1S/C18H24O4/c1-11(2)13-9-8-12(3)10-16(13)22-18(21)15-7-5-4-6-14(15)17(19)20/h4-7,11-13,16H,8-10H2,1-3H3,(H,19,20)/p-1/t12-,13+,16+/m0/s1. The van der Waals surface area contributed by atoms with Gasteiger partial charge in [0.05, 0.1) is 11.5 Å². The van der Waals surface area contributed by atoms with Gasteiger partial charge in [-0.25, -0.2) is 4.79 Å². The van der Waals surface area contributed by atoms with Gasteiger partial charge in [0, 0.05) is 5.56 Å². The zero-order valence-corrected chi connectivity index (χ0v) is 13.4. The maximum atomic E-state index is 12.4. The van der Waals surface area contributed by atoms with E-state index in [0.29, 0.717) is 17.8 Å². The van der Waals surface area contributed by atoms with Crippen LogP contribution in [0.1, 0.15) is 60.7 Å². The lowest BCUT2D eigenvalue weighted by atomic mass is 9.75. The molecule has 2 rings (SSSR count). The highest BCUT2D eigenvalue weighted by Crippen LogP contribution is 2.35. The molecule has 120 valence electrons. The van der Waals surface area contributed by atoms with Crippen LogP contribution in [0.2, 0.25) is 0 Å². The quantitative estimate of drug-likeness (QED) is 0.802. The van der Waals surface area contributed by atoms with Crippen molar-refractivity contribution in [1.82, 2.24) is 0 Å². The summed E-state index contributed by atoms with van der Waals surface area (Å²) < 4.78 is 5.68. The molecule has 1 fully saturated rings. The first-order valence-electron chi connectivity index (χ1n) is 7.91. The molecule has 4 nitrogen and oxygen atoms in total. The smallest absolute Gasteiger partial charge is 0.339 e. The van der Waals surface area contributed by atoms with Crippen molar-refractivity contribution in [3.8, 4) is 0 Å². The molecule has 0 N–H and O–H groups in total. The second kappa shape index (κ2) is 6.95. The number of carbonyl (C=O) groups is 2. The van der Waals surface area contributed by atoms with Crippen LogP contribution in [0.4, 0.5) is 0 Å². The van der Waals surface area contributed by atoms with Gasteiger partial charge in [-0.3, -0.25) is 0 Å². The number of esters is 1. The Balaban J connectivity index is 2.18. The van der Waals surface area contributed by atoms with E-state index < -0.39 is 11.9 Å². The number of ether oxygens (including phenoxy) is 1. The van der Waals surface area contributed by atoms with E-state index in [1.165, 1.54) is 12.1 Å². The van der Waals surface area contributed by atoms with Gasteiger partial charge >= 0.3 is 5.97 Å². The number of hydrogen-bond donors (Lipinski definition) is 0. The molecule has 0 amide bonds. The molecule has 1 aromatic rings. The van der Waals surface area contributed by atoms with Gasteiger partial charge in [0.25, 0.3) is 0 Å². The van der Waals surface area contributed by atoms with Crippen molar-refractivity contribution in [2.75, 3.05) is 0 Å². The van der Waals surface area contributed by atoms with Gasteiger partial charge in [0.2, 0.25) is 0 Å². The first-order valence-corrected chi connectivity index (χ1v) is 7.91. The Morgan fingerprint density at radius 3 is 2.41 bits per heavy atom. The van der Waals surface area contributed by atoms with Crippen LogP contribution in [0, 0.1) is 17.8 Å². The molecule has 1 aromatic carbocycles. The molecule has 0 aliphatic heterocycles. The van der Waals surface area contributed by atoms with E-state index in [1.807, 2.05) is 0 Å². The first kappa shape index (κ1) is 16.5. The third-order valence-corrected chi connectivity index (χ3v) is 4.59. The highest BCUT2D eigenvalue weighted by atomic mass is 16.5. The molecule has 1 saturated carbocycles. The highest BCUT2D eigenvalue weighted by Gasteiger charge is 2.33. The number of rotatable bonds is 4. The van der Waals surface area contributed by atoms with Gasteiger partial charge in [0.1, 0.15) is 6.10 Å². The van der Waals surface area contributed by atoms with Crippen LogP contribution >= 0.6 is 0 Å². The van der Waals surface area contributed by atoms with Crippen molar-refractivity contribution >= 4 is 11.9 Å². The summed E-state index contributed by atoms with van der Waals surface area (Å²) in [4.78, 5) is 23.5. The van der Waals surface area contributed by atoms with Crippen molar-refractivity contribution in [2.45, 2.75) is 46.1 Å². The minimum Gasteiger partial charge on any atom is -0.545 e. The fraction of sp³-hybridized carbons (Fsp3) is 0.556. The first-order chi connectivity index (χ1) is 10.4. The van der Waals surface area contributed by atoms with Crippen LogP contribution in [0.15, 0.2) is 24.3 Å². The average molecular weight is 303 g/mol. The molecular weight excluding hydrogens is 280 g/mol. The van der Waals surface area contributed by atoms with E-state index in [9.17, 15) is 14.7 Å². The summed E-state index contributed by atoms with van der Waals surface area (Å²) in [6.07, 6.45) is 2.87. The van der Waals surface area contributed by atoms with Crippen molar-refractivity contribution < 1.29 is 19.4 Å². The Labute approximate surface area is 131 Å². The van der Waals surface area contributed by atoms with E-state index in [0.717, 1.165) is 19.3 Å². The van der Waals surface area contributed by atoms with E-state index in [-0.39, 0.29) is 17.2 Å². The largest absolute Gasteiger partial charge is 0.545 e. The van der Waals surface area contributed by atoms with Gasteiger partial charge in [-0.05, 0) is 36.7 Å². The molecule has 1 aliphatic rings. The van der Waals surface area contributed by atoms with Crippen molar-refractivity contribution in [2.24, 2.45) is 17.8 Å². The molecule has 0 saturated heterocycles. The topological polar surface area (TPSA) is 66.4 Å². The lowest BCUT2D eigenvalue weighted by molar-refractivity contribution is -0.255. The molecule has 4 heteroatoms. The maximum absolute atomic E-state index is 12.4. The van der Waals surface area contributed by atoms with Crippen LogP contribution in [0.3, 0.4) is 0 Å². The number of hydrogen-bond acceptors (Lipinski definition) is 4. The van der Waals surface area contributed by atoms with E-state index in [4.69, 9.17) is 4.74 Å². The van der Waals surface area contributed by atoms with E-state index in [1.54, 1.807) is 12.1 Å². The molecule has 1 aliphatic carbocycles. The normalized spacial score (nSPS) is 25.0. The number of carbonyl (C=O) groups excluding carboxylic acids is 2. The molecule has 22 heavy (non-hydrogen) atoms. The Morgan fingerprint density at radius 1 is 1.18 bits per heavy atom. The highest BCUT2D eigenvalue weighted by molar-refractivity contribution is 6.01. The van der Waals surface area contributed by atoms with Crippen LogP contribution in [-0.2, 0) is 4.74 Å². The second-order valence-corrected chi connectivity index (χ2v) is 6.60. The van der Waals surface area contributed by atoms with E-state index in [2.05, 4.69) is 20.8 Å². The van der Waals surface area contributed by atoms with Crippen LogP contribution in [-0.4, -0.2) is 18.0 Å². The third kappa shape index (κ3) is 3.67. The molecule has 0 unspecified atom stereocenters. The summed E-state index contributed by atoms with van der Waals surface area (Å²) in [6.45, 7) is 6.43. The molecule has 0 aromatic heterocycles. The minimum absolute atomic E-state index is 0.0724. The number of aromatic carboxylic acids is 1. The lowest BCUT2D eigenvalue weighted by Gasteiger charge is -2.36. The van der Waals surface area contributed by atoms with Crippen molar-refractivity contribution in [3.05, 3.63) is 35.4 Å². The SMILES string of the molecule is CC(C)[C@H]1CC[C@H](C)C[C@H]1OC(=O)c1ccccc1C(=O)[O-]. The number of carboxylic acid groups (broad SMARTS) is 1. The lowest BCUT2D eigenvalue weighted by Crippen LogP contribution is -2.36. The Morgan fingerprint density at radius 2 is 1.82 bits per heavy atom. The van der Waals surface area contributed by atoms with Gasteiger partial charge in [-0.15, -0.1) is 0 Å². The van der Waals surface area contributed by atoms with Crippen LogP contribution < -0.4 is 5.11 Å². The Bertz CT molecular complexity index is 550. The summed E-state index contributed by atoms with van der Waals surface area (Å²) in [5, 5.41) is 11.1. The van der Waals surface area contributed by atoms with Crippen LogP contribution in [0.5, 0.6) is 0 Å². The summed E-state index contributed by atoms with van der Waals surface area (Å²) in [5.74, 6) is -0.643. The fourth-order valence-electron chi connectivity index (χ4n) is 3.29. The monoisotopic (exact) mass is 303 g/mol. The number of carboxylic acids is 1. The summed E-state index contributed by atoms with van der Waals surface area (Å²) in [5.41, 5.74) is -0.0410. The predicted octanol–water partition coefficient (Wildman–Crippen LogP) is 2.67. The minimum atomic E-state index is -1.36. The molecule has 0 bridgehead atoms. The Kier molecular flexibility index (Phi) is 5.22. The molecular formula is C18H23O4-. The molecule has 0 heterocycles. The van der Waals surface area contributed by atoms with Crippen molar-refractivity contribution in [1.29, 1.82) is 0 Å². The van der Waals surface area contributed by atoms with Gasteiger partial charge in [-0.1, -0.05) is 45.4 Å². The summed E-state index contributed by atoms with van der Waals surface area (Å²) >= 11 is 0. The maximum Gasteiger partial charge on any atom is 0.339 e. The Hall–Kier alpha value is -1.84. The third-order valence-electron chi connectivity index (χ3n) is 4.59. The summed E-state index contributed by atoms with van der Waals surface area (Å²) in [7, 11) is 0. The number of benzene rings is 1. The molecule has 0 spiro atoms. The van der Waals surface area contributed by atoms with Gasteiger partial charge < -0.3 is 14.6 Å². The van der Waals surface area contributed by atoms with Gasteiger partial charge in [-0.2, -0.15) is 0 Å². The zero-order valence-electron chi connectivity index (χ0n) is 13.4. The second-order valence-electron chi connectivity index (χ2n) is 6.60. The summed E-state index contributed by atoms with van der Waals surface area (Å²) in [6, 6.07) is 6.05. The fourth-order valence-corrected chi connectivity index (χ4v) is 3.29.